The average Bonchev–Trinajstić information content (AvgIpc) is 2.87. The number of anilines is 1. The van der Waals surface area contributed by atoms with Crippen molar-refractivity contribution in [1.82, 2.24) is 14.8 Å². The minimum atomic E-state index is -0.0989. The minimum absolute atomic E-state index is 0.0989. The van der Waals surface area contributed by atoms with Gasteiger partial charge in [-0.05, 0) is 19.1 Å². The maximum absolute atomic E-state index is 12.1. The monoisotopic (exact) mass is 320 g/mol. The van der Waals surface area contributed by atoms with E-state index in [-0.39, 0.29) is 11.7 Å². The van der Waals surface area contributed by atoms with Gasteiger partial charge >= 0.3 is 0 Å². The summed E-state index contributed by atoms with van der Waals surface area (Å²) in [5.41, 5.74) is 0.683. The Morgan fingerprint density at radius 2 is 2.09 bits per heavy atom. The zero-order chi connectivity index (χ0) is 15.9. The molecule has 2 rings (SSSR count). The van der Waals surface area contributed by atoms with Gasteiger partial charge in [-0.1, -0.05) is 30.8 Å². The standard InChI is InChI=1S/C15H20N4O2S/c1-4-13-17-18-15(19(13)3)22-10-14(20)16-11-8-6-7-9-12(11)21-5-2/h6-9H,4-5,10H2,1-3H3,(H,16,20). The quantitative estimate of drug-likeness (QED) is 0.794. The third-order valence-electron chi connectivity index (χ3n) is 3.03. The van der Waals surface area contributed by atoms with Gasteiger partial charge in [0.05, 0.1) is 18.0 Å². The first-order chi connectivity index (χ1) is 10.7. The molecule has 22 heavy (non-hydrogen) atoms. The first-order valence-corrected chi connectivity index (χ1v) is 8.17. The maximum atomic E-state index is 12.1. The molecule has 0 spiro atoms. The molecule has 118 valence electrons. The predicted molar refractivity (Wildman–Crippen MR) is 87.3 cm³/mol. The predicted octanol–water partition coefficient (Wildman–Crippen LogP) is 2.51. The van der Waals surface area contributed by atoms with Crippen molar-refractivity contribution in [3.05, 3.63) is 30.1 Å². The van der Waals surface area contributed by atoms with Gasteiger partial charge in [-0.2, -0.15) is 0 Å². The van der Waals surface area contributed by atoms with E-state index in [2.05, 4.69) is 15.5 Å². The van der Waals surface area contributed by atoms with Gasteiger partial charge in [0.25, 0.3) is 0 Å². The molecule has 0 saturated carbocycles. The van der Waals surface area contributed by atoms with Gasteiger partial charge in [0.15, 0.2) is 5.16 Å². The van der Waals surface area contributed by atoms with Gasteiger partial charge < -0.3 is 14.6 Å². The van der Waals surface area contributed by atoms with Crippen LogP contribution >= 0.6 is 11.8 Å². The molecule has 0 fully saturated rings. The van der Waals surface area contributed by atoms with Crippen LogP contribution < -0.4 is 10.1 Å². The topological polar surface area (TPSA) is 69.0 Å². The van der Waals surface area contributed by atoms with Crippen LogP contribution in [0.2, 0.25) is 0 Å². The fourth-order valence-corrected chi connectivity index (χ4v) is 2.68. The number of aryl methyl sites for hydroxylation is 1. The first-order valence-electron chi connectivity index (χ1n) is 7.18. The number of carbonyl (C=O) groups is 1. The van der Waals surface area contributed by atoms with Crippen molar-refractivity contribution in [1.29, 1.82) is 0 Å². The largest absolute Gasteiger partial charge is 0.492 e. The highest BCUT2D eigenvalue weighted by molar-refractivity contribution is 7.99. The van der Waals surface area contributed by atoms with E-state index in [1.807, 2.05) is 49.7 Å². The average molecular weight is 320 g/mol. The summed E-state index contributed by atoms with van der Waals surface area (Å²) in [6.45, 7) is 4.49. The Morgan fingerprint density at radius 3 is 2.77 bits per heavy atom. The van der Waals surface area contributed by atoms with Crippen molar-refractivity contribution in [3.63, 3.8) is 0 Å². The van der Waals surface area contributed by atoms with Crippen molar-refractivity contribution in [2.45, 2.75) is 25.4 Å². The number of hydrogen-bond donors (Lipinski definition) is 1. The molecule has 1 aromatic heterocycles. The van der Waals surface area contributed by atoms with E-state index in [4.69, 9.17) is 4.74 Å². The molecule has 0 bridgehead atoms. The maximum Gasteiger partial charge on any atom is 0.234 e. The summed E-state index contributed by atoms with van der Waals surface area (Å²) in [7, 11) is 1.91. The number of thioether (sulfide) groups is 1. The van der Waals surface area contributed by atoms with E-state index < -0.39 is 0 Å². The third kappa shape index (κ3) is 4.00. The molecule has 0 aliphatic carbocycles. The van der Waals surface area contributed by atoms with Gasteiger partial charge in [-0.15, -0.1) is 10.2 Å². The summed E-state index contributed by atoms with van der Waals surface area (Å²) in [4.78, 5) is 12.1. The smallest absolute Gasteiger partial charge is 0.234 e. The lowest BCUT2D eigenvalue weighted by molar-refractivity contribution is -0.113. The number of ether oxygens (including phenoxy) is 1. The Morgan fingerprint density at radius 1 is 1.32 bits per heavy atom. The number of carbonyl (C=O) groups excluding carboxylic acids is 1. The summed E-state index contributed by atoms with van der Waals surface area (Å²) in [5.74, 6) is 1.76. The van der Waals surface area contributed by atoms with Crippen LogP contribution in [0.25, 0.3) is 0 Å². The molecule has 7 heteroatoms. The second kappa shape index (κ2) is 7.84. The van der Waals surface area contributed by atoms with E-state index >= 15 is 0 Å². The van der Waals surface area contributed by atoms with Crippen LogP contribution in [-0.4, -0.2) is 33.0 Å². The molecule has 1 amide bonds. The van der Waals surface area contributed by atoms with E-state index in [9.17, 15) is 4.79 Å². The number of rotatable bonds is 7. The minimum Gasteiger partial charge on any atom is -0.492 e. The van der Waals surface area contributed by atoms with Crippen LogP contribution in [0.1, 0.15) is 19.7 Å². The van der Waals surface area contributed by atoms with Crippen LogP contribution in [0, 0.1) is 0 Å². The lowest BCUT2D eigenvalue weighted by Gasteiger charge is -2.10. The number of aromatic nitrogens is 3. The van der Waals surface area contributed by atoms with Crippen LogP contribution in [0.5, 0.6) is 5.75 Å². The van der Waals surface area contributed by atoms with Gasteiger partial charge in [0.2, 0.25) is 5.91 Å². The number of amides is 1. The normalized spacial score (nSPS) is 10.5. The molecule has 2 aromatic rings. The SMILES string of the molecule is CCOc1ccccc1NC(=O)CSc1nnc(CC)n1C. The van der Waals surface area contributed by atoms with Crippen LogP contribution in [0.15, 0.2) is 29.4 Å². The fraction of sp³-hybridized carbons (Fsp3) is 0.400. The summed E-state index contributed by atoms with van der Waals surface area (Å²) < 4.78 is 7.40. The molecule has 6 nitrogen and oxygen atoms in total. The Kier molecular flexibility index (Phi) is 5.83. The first kappa shape index (κ1) is 16.4. The van der Waals surface area contributed by atoms with Gasteiger partial charge in [0.1, 0.15) is 11.6 Å². The molecule has 0 saturated heterocycles. The van der Waals surface area contributed by atoms with Crippen LogP contribution in [-0.2, 0) is 18.3 Å². The molecular weight excluding hydrogens is 300 g/mol. The molecule has 1 aromatic carbocycles. The molecule has 0 unspecified atom stereocenters. The summed E-state index contributed by atoms with van der Waals surface area (Å²) in [6, 6.07) is 7.40. The van der Waals surface area contributed by atoms with E-state index in [1.54, 1.807) is 0 Å². The van der Waals surface area contributed by atoms with E-state index in [0.717, 1.165) is 17.4 Å². The Hall–Kier alpha value is -2.02. The molecule has 1 heterocycles. The van der Waals surface area contributed by atoms with Crippen molar-refractivity contribution >= 4 is 23.4 Å². The lowest BCUT2D eigenvalue weighted by atomic mass is 10.3. The number of nitrogens with zero attached hydrogens (tertiary/aromatic N) is 3. The van der Waals surface area contributed by atoms with E-state index in [1.165, 1.54) is 11.8 Å². The second-order valence-electron chi connectivity index (χ2n) is 4.58. The van der Waals surface area contributed by atoms with Crippen molar-refractivity contribution in [2.75, 3.05) is 17.7 Å². The highest BCUT2D eigenvalue weighted by Gasteiger charge is 2.12. The molecule has 0 atom stereocenters. The van der Waals surface area contributed by atoms with Crippen molar-refractivity contribution in [3.8, 4) is 5.75 Å². The second-order valence-corrected chi connectivity index (χ2v) is 5.52. The number of benzene rings is 1. The van der Waals surface area contributed by atoms with Crippen molar-refractivity contribution in [2.24, 2.45) is 7.05 Å². The number of hydrogen-bond acceptors (Lipinski definition) is 5. The lowest BCUT2D eigenvalue weighted by Crippen LogP contribution is -2.15. The number of para-hydroxylation sites is 2. The third-order valence-corrected chi connectivity index (χ3v) is 4.05. The Balaban J connectivity index is 1.94. The van der Waals surface area contributed by atoms with E-state index in [0.29, 0.717) is 18.0 Å². The van der Waals surface area contributed by atoms with Crippen molar-refractivity contribution < 1.29 is 9.53 Å². The summed E-state index contributed by atoms with van der Waals surface area (Å²) in [5, 5.41) is 11.8. The molecular formula is C15H20N4O2S. The van der Waals surface area contributed by atoms with Gasteiger partial charge in [0, 0.05) is 13.5 Å². The number of nitrogens with one attached hydrogen (secondary N) is 1. The summed E-state index contributed by atoms with van der Waals surface area (Å²) in [6.07, 6.45) is 0.817. The Labute approximate surface area is 134 Å². The highest BCUT2D eigenvalue weighted by Crippen LogP contribution is 2.24. The van der Waals surface area contributed by atoms with Gasteiger partial charge in [-0.3, -0.25) is 4.79 Å². The van der Waals surface area contributed by atoms with Crippen LogP contribution in [0.3, 0.4) is 0 Å². The highest BCUT2D eigenvalue weighted by atomic mass is 32.2. The molecule has 0 aliphatic rings. The molecule has 0 aliphatic heterocycles. The van der Waals surface area contributed by atoms with Gasteiger partial charge in [-0.25, -0.2) is 0 Å². The zero-order valence-corrected chi connectivity index (χ0v) is 13.8. The summed E-state index contributed by atoms with van der Waals surface area (Å²) >= 11 is 1.37. The van der Waals surface area contributed by atoms with Crippen LogP contribution in [0.4, 0.5) is 5.69 Å². The zero-order valence-electron chi connectivity index (χ0n) is 13.0. The fourth-order valence-electron chi connectivity index (χ4n) is 1.95. The Bertz CT molecular complexity index is 642. The molecule has 0 radical (unpaired) electrons. The molecule has 1 N–H and O–H groups in total.